The van der Waals surface area contributed by atoms with Gasteiger partial charge >= 0.3 is 6.18 Å². The first-order chi connectivity index (χ1) is 9.94. The minimum atomic E-state index is -4.54. The summed E-state index contributed by atoms with van der Waals surface area (Å²) in [4.78, 5) is 8.71. The lowest BCUT2D eigenvalue weighted by molar-refractivity contribution is -0.141. The third-order valence-electron chi connectivity index (χ3n) is 2.66. The third-order valence-corrected chi connectivity index (χ3v) is 3.80. The molecule has 2 rings (SSSR count). The molecule has 0 atom stereocenters. The molecule has 0 aliphatic rings. The molecule has 0 saturated heterocycles. The SMILES string of the molecule is CCc1cnc(CNc2nc(C(F)(F)F)ccc2C#N)s1. The molecule has 0 spiro atoms. The Labute approximate surface area is 123 Å². The molecule has 0 saturated carbocycles. The van der Waals surface area contributed by atoms with Crippen LogP contribution in [0, 0.1) is 11.3 Å². The Morgan fingerprint density at radius 3 is 2.71 bits per heavy atom. The van der Waals surface area contributed by atoms with Gasteiger partial charge in [0, 0.05) is 11.1 Å². The van der Waals surface area contributed by atoms with Crippen LogP contribution < -0.4 is 5.32 Å². The molecule has 1 N–H and O–H groups in total. The zero-order chi connectivity index (χ0) is 15.5. The second-order valence-electron chi connectivity index (χ2n) is 4.13. The van der Waals surface area contributed by atoms with Crippen molar-refractivity contribution in [2.24, 2.45) is 0 Å². The molecular formula is C13H11F3N4S. The molecule has 2 aromatic heterocycles. The highest BCUT2D eigenvalue weighted by atomic mass is 32.1. The minimum absolute atomic E-state index is 0.0651. The van der Waals surface area contributed by atoms with Crippen LogP contribution in [0.15, 0.2) is 18.3 Å². The maximum atomic E-state index is 12.6. The van der Waals surface area contributed by atoms with Crippen molar-refractivity contribution in [3.8, 4) is 6.07 Å². The zero-order valence-corrected chi connectivity index (χ0v) is 11.8. The Kier molecular flexibility index (Phi) is 4.43. The quantitative estimate of drug-likeness (QED) is 0.937. The van der Waals surface area contributed by atoms with Gasteiger partial charge < -0.3 is 5.32 Å². The summed E-state index contributed by atoms with van der Waals surface area (Å²) in [5.41, 5.74) is -0.965. The number of alkyl halides is 3. The number of nitrogens with zero attached hydrogens (tertiary/aromatic N) is 3. The maximum absolute atomic E-state index is 12.6. The van der Waals surface area contributed by atoms with Crippen molar-refractivity contribution in [1.82, 2.24) is 9.97 Å². The zero-order valence-electron chi connectivity index (χ0n) is 11.0. The van der Waals surface area contributed by atoms with Gasteiger partial charge in [-0.2, -0.15) is 18.4 Å². The van der Waals surface area contributed by atoms with Gasteiger partial charge in [0.15, 0.2) is 0 Å². The molecule has 0 aliphatic carbocycles. The standard InChI is InChI=1S/C13H11F3N4S/c1-2-9-6-18-11(21-9)7-19-12-8(5-17)3-4-10(20-12)13(14,15)16/h3-4,6H,2,7H2,1H3,(H,19,20). The van der Waals surface area contributed by atoms with Crippen molar-refractivity contribution in [3.63, 3.8) is 0 Å². The molecule has 0 radical (unpaired) electrons. The van der Waals surface area contributed by atoms with Gasteiger partial charge in [-0.1, -0.05) is 6.92 Å². The topological polar surface area (TPSA) is 61.6 Å². The molecule has 8 heteroatoms. The highest BCUT2D eigenvalue weighted by molar-refractivity contribution is 7.11. The highest BCUT2D eigenvalue weighted by Gasteiger charge is 2.33. The van der Waals surface area contributed by atoms with Crippen LogP contribution in [0.4, 0.5) is 19.0 Å². The smallest absolute Gasteiger partial charge is 0.362 e. The Balaban J connectivity index is 2.20. The van der Waals surface area contributed by atoms with E-state index in [1.807, 2.05) is 13.0 Å². The molecule has 0 aromatic carbocycles. The van der Waals surface area contributed by atoms with Gasteiger partial charge in [0.1, 0.15) is 22.6 Å². The molecule has 2 heterocycles. The Morgan fingerprint density at radius 2 is 2.14 bits per heavy atom. The van der Waals surface area contributed by atoms with E-state index in [9.17, 15) is 13.2 Å². The average Bonchev–Trinajstić information content (AvgIpc) is 2.91. The number of aryl methyl sites for hydroxylation is 1. The molecule has 0 fully saturated rings. The van der Waals surface area contributed by atoms with Gasteiger partial charge in [0.25, 0.3) is 0 Å². The van der Waals surface area contributed by atoms with Gasteiger partial charge in [-0.05, 0) is 18.6 Å². The van der Waals surface area contributed by atoms with E-state index in [0.29, 0.717) is 0 Å². The van der Waals surface area contributed by atoms with Crippen molar-refractivity contribution >= 4 is 17.2 Å². The number of pyridine rings is 1. The predicted molar refractivity (Wildman–Crippen MR) is 72.8 cm³/mol. The van der Waals surface area contributed by atoms with Crippen LogP contribution in [-0.4, -0.2) is 9.97 Å². The monoisotopic (exact) mass is 312 g/mol. The predicted octanol–water partition coefficient (Wildman–Crippen LogP) is 3.60. The van der Waals surface area contributed by atoms with Crippen LogP contribution in [0.3, 0.4) is 0 Å². The van der Waals surface area contributed by atoms with Crippen LogP contribution in [-0.2, 0) is 19.1 Å². The summed E-state index contributed by atoms with van der Waals surface area (Å²) in [5.74, 6) is -0.0828. The summed E-state index contributed by atoms with van der Waals surface area (Å²) in [6, 6.07) is 3.72. The number of nitrogens with one attached hydrogen (secondary N) is 1. The normalized spacial score (nSPS) is 11.2. The van der Waals surface area contributed by atoms with Crippen LogP contribution in [0.2, 0.25) is 0 Å². The summed E-state index contributed by atoms with van der Waals surface area (Å²) < 4.78 is 37.9. The molecule has 21 heavy (non-hydrogen) atoms. The fourth-order valence-corrected chi connectivity index (χ4v) is 2.40. The molecule has 0 amide bonds. The highest BCUT2D eigenvalue weighted by Crippen LogP contribution is 2.29. The number of nitriles is 1. The van der Waals surface area contributed by atoms with E-state index in [1.165, 1.54) is 11.3 Å². The van der Waals surface area contributed by atoms with E-state index in [0.717, 1.165) is 28.4 Å². The second kappa shape index (κ2) is 6.10. The van der Waals surface area contributed by atoms with Crippen molar-refractivity contribution in [3.05, 3.63) is 39.5 Å². The number of hydrogen-bond acceptors (Lipinski definition) is 5. The Bertz CT molecular complexity index is 673. The first-order valence-corrected chi connectivity index (χ1v) is 6.91. The third kappa shape index (κ3) is 3.70. The lowest BCUT2D eigenvalue weighted by Gasteiger charge is -2.10. The van der Waals surface area contributed by atoms with Crippen LogP contribution >= 0.6 is 11.3 Å². The first-order valence-electron chi connectivity index (χ1n) is 6.09. The summed E-state index contributed by atoms with van der Waals surface area (Å²) in [6.45, 7) is 2.22. The summed E-state index contributed by atoms with van der Waals surface area (Å²) in [7, 11) is 0. The van der Waals surface area contributed by atoms with E-state index in [4.69, 9.17) is 5.26 Å². The van der Waals surface area contributed by atoms with Gasteiger partial charge in [-0.15, -0.1) is 11.3 Å². The molecule has 110 valence electrons. The van der Waals surface area contributed by atoms with E-state index in [2.05, 4.69) is 15.3 Å². The second-order valence-corrected chi connectivity index (χ2v) is 5.33. The summed E-state index contributed by atoms with van der Waals surface area (Å²) >= 11 is 1.47. The van der Waals surface area contributed by atoms with E-state index in [1.54, 1.807) is 6.20 Å². The van der Waals surface area contributed by atoms with Crippen molar-refractivity contribution in [2.75, 3.05) is 5.32 Å². The van der Waals surface area contributed by atoms with Crippen molar-refractivity contribution in [2.45, 2.75) is 26.1 Å². The molecule has 0 aliphatic heterocycles. The number of halogens is 3. The van der Waals surface area contributed by atoms with Gasteiger partial charge in [0.05, 0.1) is 12.1 Å². The minimum Gasteiger partial charge on any atom is -0.362 e. The fourth-order valence-electron chi connectivity index (χ4n) is 1.59. The fraction of sp³-hybridized carbons (Fsp3) is 0.308. The lowest BCUT2D eigenvalue weighted by atomic mass is 10.2. The average molecular weight is 312 g/mol. The van der Waals surface area contributed by atoms with Gasteiger partial charge in [-0.25, -0.2) is 9.97 Å². The van der Waals surface area contributed by atoms with Crippen LogP contribution in [0.5, 0.6) is 0 Å². The molecule has 0 bridgehead atoms. The number of thiazole rings is 1. The number of rotatable bonds is 4. The van der Waals surface area contributed by atoms with Crippen molar-refractivity contribution < 1.29 is 13.2 Å². The van der Waals surface area contributed by atoms with Crippen LogP contribution in [0.25, 0.3) is 0 Å². The number of aromatic nitrogens is 2. The number of anilines is 1. The Hall–Kier alpha value is -2.14. The number of hydrogen-bond donors (Lipinski definition) is 1. The van der Waals surface area contributed by atoms with Gasteiger partial charge in [0.2, 0.25) is 0 Å². The largest absolute Gasteiger partial charge is 0.433 e. The van der Waals surface area contributed by atoms with Crippen LogP contribution in [0.1, 0.15) is 28.1 Å². The van der Waals surface area contributed by atoms with E-state index in [-0.39, 0.29) is 17.9 Å². The van der Waals surface area contributed by atoms with Crippen molar-refractivity contribution in [1.29, 1.82) is 5.26 Å². The first kappa shape index (κ1) is 15.3. The molecule has 0 unspecified atom stereocenters. The van der Waals surface area contributed by atoms with Gasteiger partial charge in [-0.3, -0.25) is 0 Å². The molecule has 2 aromatic rings. The summed E-state index contributed by atoms with van der Waals surface area (Å²) in [6.07, 6.45) is -1.96. The molecular weight excluding hydrogens is 301 g/mol. The lowest BCUT2D eigenvalue weighted by Crippen LogP contribution is -2.11. The molecule has 4 nitrogen and oxygen atoms in total. The Morgan fingerprint density at radius 1 is 1.38 bits per heavy atom. The van der Waals surface area contributed by atoms with E-state index >= 15 is 0 Å². The summed E-state index contributed by atoms with van der Waals surface area (Å²) in [5, 5.41) is 12.4. The maximum Gasteiger partial charge on any atom is 0.433 e. The van der Waals surface area contributed by atoms with E-state index < -0.39 is 11.9 Å².